The minimum absolute atomic E-state index is 0.515. The molecule has 2 aromatic rings. The predicted octanol–water partition coefficient (Wildman–Crippen LogP) is 4.44. The fourth-order valence-electron chi connectivity index (χ4n) is 3.31. The standard InChI is InChI=1S/C18H23Cl3N4/c1-12-15(18(21)24(2)23-12)10-22-14-5-7-25(8-6-14)11-13-3-4-16(19)17(20)9-13/h3-4,9,14,22H,5-8,10-11H2,1-2H3. The molecule has 0 unspecified atom stereocenters. The Kier molecular flexibility index (Phi) is 6.29. The van der Waals surface area contributed by atoms with Gasteiger partial charge in [-0.15, -0.1) is 0 Å². The number of aromatic nitrogens is 2. The molecule has 0 amide bonds. The van der Waals surface area contributed by atoms with Crippen LogP contribution in [0.3, 0.4) is 0 Å². The van der Waals surface area contributed by atoms with Crippen molar-refractivity contribution in [2.75, 3.05) is 13.1 Å². The number of halogens is 3. The molecule has 2 heterocycles. The third kappa shape index (κ3) is 4.69. The normalized spacial score (nSPS) is 16.5. The summed E-state index contributed by atoms with van der Waals surface area (Å²) in [7, 11) is 1.88. The average Bonchev–Trinajstić information content (AvgIpc) is 2.83. The molecule has 1 saturated heterocycles. The summed E-state index contributed by atoms with van der Waals surface area (Å²) < 4.78 is 1.73. The van der Waals surface area contributed by atoms with Gasteiger partial charge >= 0.3 is 0 Å². The van der Waals surface area contributed by atoms with Gasteiger partial charge in [0.25, 0.3) is 0 Å². The maximum atomic E-state index is 6.30. The topological polar surface area (TPSA) is 33.1 Å². The van der Waals surface area contributed by atoms with Gasteiger partial charge in [0.05, 0.1) is 15.7 Å². The number of nitrogens with one attached hydrogen (secondary N) is 1. The largest absolute Gasteiger partial charge is 0.310 e. The zero-order valence-electron chi connectivity index (χ0n) is 14.5. The van der Waals surface area contributed by atoms with Crippen LogP contribution in [0.2, 0.25) is 15.2 Å². The van der Waals surface area contributed by atoms with Crippen molar-refractivity contribution >= 4 is 34.8 Å². The van der Waals surface area contributed by atoms with Crippen LogP contribution in [0.15, 0.2) is 18.2 Å². The molecule has 0 saturated carbocycles. The maximum absolute atomic E-state index is 6.30. The Bertz CT molecular complexity index is 736. The number of hydrogen-bond acceptors (Lipinski definition) is 3. The molecule has 0 aliphatic carbocycles. The molecule has 1 N–H and O–H groups in total. The van der Waals surface area contributed by atoms with Crippen LogP contribution >= 0.6 is 34.8 Å². The highest BCUT2D eigenvalue weighted by atomic mass is 35.5. The first kappa shape index (κ1) is 19.0. The van der Waals surface area contributed by atoms with E-state index < -0.39 is 0 Å². The van der Waals surface area contributed by atoms with E-state index in [1.807, 2.05) is 32.2 Å². The number of piperidine rings is 1. The molecule has 0 atom stereocenters. The van der Waals surface area contributed by atoms with Gasteiger partial charge in [0, 0.05) is 31.7 Å². The molecular formula is C18H23Cl3N4. The minimum atomic E-state index is 0.515. The SMILES string of the molecule is Cc1nn(C)c(Cl)c1CNC1CCN(Cc2ccc(Cl)c(Cl)c2)CC1. The second-order valence-electron chi connectivity index (χ2n) is 6.66. The van der Waals surface area contributed by atoms with Crippen molar-refractivity contribution in [2.45, 2.75) is 38.9 Å². The van der Waals surface area contributed by atoms with Crippen LogP contribution in [-0.4, -0.2) is 33.8 Å². The number of likely N-dealkylation sites (tertiary alicyclic amines) is 1. The molecular weight excluding hydrogens is 379 g/mol. The Balaban J connectivity index is 1.47. The summed E-state index contributed by atoms with van der Waals surface area (Å²) in [5.41, 5.74) is 3.30. The number of hydrogen-bond donors (Lipinski definition) is 1. The molecule has 1 aliphatic rings. The van der Waals surface area contributed by atoms with Crippen molar-refractivity contribution in [2.24, 2.45) is 7.05 Å². The fourth-order valence-corrected chi connectivity index (χ4v) is 3.87. The highest BCUT2D eigenvalue weighted by Crippen LogP contribution is 2.24. The van der Waals surface area contributed by atoms with E-state index in [-0.39, 0.29) is 0 Å². The maximum Gasteiger partial charge on any atom is 0.131 e. The van der Waals surface area contributed by atoms with Gasteiger partial charge in [-0.25, -0.2) is 0 Å². The summed E-state index contributed by atoms with van der Waals surface area (Å²) in [6.07, 6.45) is 2.25. The number of benzene rings is 1. The van der Waals surface area contributed by atoms with E-state index in [1.54, 1.807) is 4.68 Å². The Morgan fingerprint density at radius 3 is 2.48 bits per heavy atom. The van der Waals surface area contributed by atoms with Crippen LogP contribution in [0.4, 0.5) is 0 Å². The van der Waals surface area contributed by atoms with E-state index in [1.165, 1.54) is 5.56 Å². The van der Waals surface area contributed by atoms with Gasteiger partial charge in [0.2, 0.25) is 0 Å². The van der Waals surface area contributed by atoms with E-state index in [0.717, 1.165) is 55.4 Å². The average molecular weight is 402 g/mol. The lowest BCUT2D eigenvalue weighted by atomic mass is 10.0. The summed E-state index contributed by atoms with van der Waals surface area (Å²) in [5.74, 6) is 0. The van der Waals surface area contributed by atoms with Gasteiger partial charge in [0.15, 0.2) is 0 Å². The van der Waals surface area contributed by atoms with Crippen molar-refractivity contribution in [1.82, 2.24) is 20.0 Å². The third-order valence-electron chi connectivity index (χ3n) is 4.82. The second kappa shape index (κ2) is 8.28. The van der Waals surface area contributed by atoms with E-state index in [2.05, 4.69) is 15.3 Å². The quantitative estimate of drug-likeness (QED) is 0.804. The lowest BCUT2D eigenvalue weighted by Crippen LogP contribution is -2.41. The molecule has 7 heteroatoms. The van der Waals surface area contributed by atoms with Crippen LogP contribution in [0.25, 0.3) is 0 Å². The molecule has 0 radical (unpaired) electrons. The first-order valence-electron chi connectivity index (χ1n) is 8.51. The van der Waals surface area contributed by atoms with Crippen molar-refractivity contribution in [3.63, 3.8) is 0 Å². The molecule has 25 heavy (non-hydrogen) atoms. The van der Waals surface area contributed by atoms with Gasteiger partial charge in [-0.05, 0) is 50.6 Å². The van der Waals surface area contributed by atoms with Crippen molar-refractivity contribution < 1.29 is 0 Å². The Hall–Kier alpha value is -0.780. The van der Waals surface area contributed by atoms with Crippen LogP contribution < -0.4 is 5.32 Å². The van der Waals surface area contributed by atoms with E-state index in [9.17, 15) is 0 Å². The highest BCUT2D eigenvalue weighted by Gasteiger charge is 2.20. The summed E-state index contributed by atoms with van der Waals surface area (Å²) in [6.45, 7) is 5.82. The number of rotatable bonds is 5. The summed E-state index contributed by atoms with van der Waals surface area (Å²) in [4.78, 5) is 2.46. The number of aryl methyl sites for hydroxylation is 2. The molecule has 3 rings (SSSR count). The zero-order chi connectivity index (χ0) is 18.0. The van der Waals surface area contributed by atoms with E-state index >= 15 is 0 Å². The molecule has 1 aromatic carbocycles. The van der Waals surface area contributed by atoms with E-state index in [0.29, 0.717) is 16.1 Å². The highest BCUT2D eigenvalue weighted by molar-refractivity contribution is 6.42. The Morgan fingerprint density at radius 1 is 1.16 bits per heavy atom. The van der Waals surface area contributed by atoms with Crippen molar-refractivity contribution in [3.05, 3.63) is 50.2 Å². The molecule has 1 fully saturated rings. The van der Waals surface area contributed by atoms with Crippen LogP contribution in [-0.2, 0) is 20.1 Å². The summed E-state index contributed by atoms with van der Waals surface area (Å²) >= 11 is 18.4. The summed E-state index contributed by atoms with van der Waals surface area (Å²) in [5, 5.41) is 9.95. The van der Waals surface area contributed by atoms with Crippen LogP contribution in [0.1, 0.15) is 29.7 Å². The van der Waals surface area contributed by atoms with Gasteiger partial charge < -0.3 is 5.32 Å². The Labute approximate surface area is 164 Å². The lowest BCUT2D eigenvalue weighted by molar-refractivity contribution is 0.190. The summed E-state index contributed by atoms with van der Waals surface area (Å²) in [6, 6.07) is 6.39. The lowest BCUT2D eigenvalue weighted by Gasteiger charge is -2.32. The molecule has 0 bridgehead atoms. The zero-order valence-corrected chi connectivity index (χ0v) is 16.8. The smallest absolute Gasteiger partial charge is 0.131 e. The Morgan fingerprint density at radius 2 is 1.88 bits per heavy atom. The fraction of sp³-hybridized carbons (Fsp3) is 0.500. The molecule has 1 aromatic heterocycles. The molecule has 1 aliphatic heterocycles. The molecule has 4 nitrogen and oxygen atoms in total. The van der Waals surface area contributed by atoms with E-state index in [4.69, 9.17) is 34.8 Å². The van der Waals surface area contributed by atoms with Crippen molar-refractivity contribution in [1.29, 1.82) is 0 Å². The monoisotopic (exact) mass is 400 g/mol. The molecule has 136 valence electrons. The molecule has 0 spiro atoms. The second-order valence-corrected chi connectivity index (χ2v) is 7.83. The van der Waals surface area contributed by atoms with Gasteiger partial charge in [-0.1, -0.05) is 40.9 Å². The first-order valence-corrected chi connectivity index (χ1v) is 9.65. The van der Waals surface area contributed by atoms with Gasteiger partial charge in [-0.2, -0.15) is 5.10 Å². The van der Waals surface area contributed by atoms with Gasteiger partial charge in [-0.3, -0.25) is 9.58 Å². The predicted molar refractivity (Wildman–Crippen MR) is 105 cm³/mol. The first-order chi connectivity index (χ1) is 11.9. The van der Waals surface area contributed by atoms with Gasteiger partial charge in [0.1, 0.15) is 5.15 Å². The van der Waals surface area contributed by atoms with Crippen LogP contribution in [0.5, 0.6) is 0 Å². The van der Waals surface area contributed by atoms with Crippen molar-refractivity contribution in [3.8, 4) is 0 Å². The van der Waals surface area contributed by atoms with Crippen LogP contribution in [0, 0.1) is 6.92 Å². The minimum Gasteiger partial charge on any atom is -0.310 e. The number of nitrogens with zero attached hydrogens (tertiary/aromatic N) is 3. The third-order valence-corrected chi connectivity index (χ3v) is 6.03.